The van der Waals surface area contributed by atoms with Crippen molar-refractivity contribution >= 4 is 27.6 Å². The number of hydrogen-bond acceptors (Lipinski definition) is 6. The number of carbonyl (C=O) groups excluding carboxylic acids is 1. The number of aromatic hydroxyl groups is 2. The fraction of sp³-hybridized carbons (Fsp3) is 0.0909. The van der Waals surface area contributed by atoms with Crippen molar-refractivity contribution in [2.24, 2.45) is 0 Å². The smallest absolute Gasteiger partial charge is 0.178 e. The number of nitrogens with zero attached hydrogens (tertiary/aromatic N) is 3. The molecule has 2 aromatic carbocycles. The summed E-state index contributed by atoms with van der Waals surface area (Å²) >= 11 is 0. The zero-order valence-electron chi connectivity index (χ0n) is 14.4. The molecule has 28 heavy (non-hydrogen) atoms. The quantitative estimate of drug-likeness (QED) is 0.473. The molecule has 0 fully saturated rings. The van der Waals surface area contributed by atoms with Gasteiger partial charge in [0.25, 0.3) is 0 Å². The lowest BCUT2D eigenvalue weighted by Gasteiger charge is -2.01. The van der Waals surface area contributed by atoms with Crippen LogP contribution in [0.25, 0.3) is 21.8 Å². The maximum atomic E-state index is 11.1. The summed E-state index contributed by atoms with van der Waals surface area (Å²) in [6.07, 6.45) is 0. The highest BCUT2D eigenvalue weighted by Gasteiger charge is 2.05. The Hall–Kier alpha value is -3.98. The molecule has 0 radical (unpaired) electrons. The Balaban J connectivity index is 0.000000194. The number of nitriles is 1. The second-order valence-electron chi connectivity index (χ2n) is 5.76. The van der Waals surface area contributed by atoms with Crippen molar-refractivity contribution in [1.82, 2.24) is 9.97 Å². The maximum Gasteiger partial charge on any atom is 0.178 e. The Labute approximate surface area is 162 Å². The lowest BCUT2D eigenvalue weighted by molar-refractivity contribution is 0.101. The molecule has 0 aliphatic rings. The molecule has 0 aliphatic heterocycles. The highest BCUT2D eigenvalue weighted by Crippen LogP contribution is 2.23. The fourth-order valence-electron chi connectivity index (χ4n) is 2.52. The van der Waals surface area contributed by atoms with Gasteiger partial charge in [0.2, 0.25) is 0 Å². The topological polar surface area (TPSA) is 107 Å². The molecular weight excluding hydrogens is 354 g/mol. The third-order valence-corrected chi connectivity index (χ3v) is 3.87. The van der Waals surface area contributed by atoms with Crippen LogP contribution >= 0.6 is 0 Å². The van der Waals surface area contributed by atoms with Gasteiger partial charge in [0, 0.05) is 17.7 Å². The van der Waals surface area contributed by atoms with Gasteiger partial charge in [0.1, 0.15) is 40.0 Å². The molecule has 6 nitrogen and oxygen atoms in total. The highest BCUT2D eigenvalue weighted by atomic mass is 16.3. The van der Waals surface area contributed by atoms with Gasteiger partial charge in [-0.2, -0.15) is 5.26 Å². The minimum Gasteiger partial charge on any atom is -0.506 e. The zero-order valence-corrected chi connectivity index (χ0v) is 14.4. The lowest BCUT2D eigenvalue weighted by Crippen LogP contribution is -1.96. The monoisotopic (exact) mass is 373 g/mol. The number of hydrogen-bond donors (Lipinski definition) is 2. The predicted molar refractivity (Wildman–Crippen MR) is 108 cm³/mol. The molecule has 0 aliphatic carbocycles. The van der Waals surface area contributed by atoms with Gasteiger partial charge < -0.3 is 10.2 Å². The summed E-state index contributed by atoms with van der Waals surface area (Å²) in [5.41, 5.74) is 1.63. The number of Topliss-reactive ketones (excluding diaryl/α,β-unsaturated/α-hetero) is 1. The number of ketones is 1. The van der Waals surface area contributed by atoms with E-state index in [1.807, 2.05) is 18.2 Å². The summed E-state index contributed by atoms with van der Waals surface area (Å²) in [5, 5.41) is 29.2. The van der Waals surface area contributed by atoms with Gasteiger partial charge in [0.05, 0.1) is 0 Å². The van der Waals surface area contributed by atoms with Crippen LogP contribution in [-0.2, 0) is 0 Å². The Morgan fingerprint density at radius 2 is 1.39 bits per heavy atom. The van der Waals surface area contributed by atoms with E-state index >= 15 is 0 Å². The number of phenols is 2. The van der Waals surface area contributed by atoms with Crippen LogP contribution in [0.1, 0.15) is 30.5 Å². The summed E-state index contributed by atoms with van der Waals surface area (Å²) in [6.45, 7) is 1.45. The number of para-hydroxylation sites is 2. The number of rotatable bonds is 1. The van der Waals surface area contributed by atoms with Crippen molar-refractivity contribution in [2.75, 3.05) is 0 Å². The minimum absolute atomic E-state index is 0. The number of aromatic nitrogens is 2. The van der Waals surface area contributed by atoms with E-state index in [9.17, 15) is 15.0 Å². The first-order chi connectivity index (χ1) is 13.0. The van der Waals surface area contributed by atoms with Crippen LogP contribution in [0.4, 0.5) is 0 Å². The van der Waals surface area contributed by atoms with Crippen LogP contribution in [0.3, 0.4) is 0 Å². The highest BCUT2D eigenvalue weighted by molar-refractivity contribution is 5.95. The molecule has 0 spiro atoms. The van der Waals surface area contributed by atoms with Crippen molar-refractivity contribution in [2.45, 2.75) is 14.4 Å². The van der Waals surface area contributed by atoms with Gasteiger partial charge in [-0.25, -0.2) is 9.97 Å². The standard InChI is InChI=1S/C11H9NO2.C10H6N2O.CH4/c1-7(13)9-6-5-8-3-2-4-10(14)11(8)12-9;11-6-8-5-4-7-2-1-3-9(13)10(7)12-8;/h2-6,14H,1H3;1-5,13H;1H4. The molecular formula is C22H19N3O3. The summed E-state index contributed by atoms with van der Waals surface area (Å²) in [6, 6.07) is 19.0. The molecule has 2 heterocycles. The largest absolute Gasteiger partial charge is 0.506 e. The minimum atomic E-state index is -0.102. The number of phenolic OH excluding ortho intramolecular Hbond substituents is 2. The Morgan fingerprint density at radius 1 is 0.857 bits per heavy atom. The van der Waals surface area contributed by atoms with Gasteiger partial charge in [0.15, 0.2) is 5.78 Å². The first-order valence-corrected chi connectivity index (χ1v) is 8.08. The molecule has 4 rings (SSSR count). The van der Waals surface area contributed by atoms with Crippen LogP contribution < -0.4 is 0 Å². The van der Waals surface area contributed by atoms with Crippen molar-refractivity contribution in [3.8, 4) is 17.6 Å². The van der Waals surface area contributed by atoms with Crippen molar-refractivity contribution in [3.63, 3.8) is 0 Å². The number of fused-ring (bicyclic) bond motifs is 2. The normalized spacial score (nSPS) is 9.71. The first kappa shape index (κ1) is 20.3. The molecule has 0 amide bonds. The van der Waals surface area contributed by atoms with Crippen LogP contribution in [-0.4, -0.2) is 26.0 Å². The second-order valence-corrected chi connectivity index (χ2v) is 5.76. The second kappa shape index (κ2) is 8.60. The lowest BCUT2D eigenvalue weighted by atomic mass is 10.1. The average molecular weight is 373 g/mol. The van der Waals surface area contributed by atoms with E-state index < -0.39 is 0 Å². The first-order valence-electron chi connectivity index (χ1n) is 8.08. The van der Waals surface area contributed by atoms with E-state index in [-0.39, 0.29) is 24.7 Å². The summed E-state index contributed by atoms with van der Waals surface area (Å²) in [7, 11) is 0. The molecule has 0 bridgehead atoms. The third kappa shape index (κ3) is 4.22. The van der Waals surface area contributed by atoms with Gasteiger partial charge in [-0.05, 0) is 30.3 Å². The third-order valence-electron chi connectivity index (χ3n) is 3.87. The van der Waals surface area contributed by atoms with Crippen LogP contribution in [0.15, 0.2) is 60.7 Å². The molecule has 2 aromatic heterocycles. The summed E-state index contributed by atoms with van der Waals surface area (Å²) in [4.78, 5) is 19.1. The SMILES string of the molecule is C.CC(=O)c1ccc2cccc(O)c2n1.N#Cc1ccc2cccc(O)c2n1. The van der Waals surface area contributed by atoms with Crippen LogP contribution in [0.2, 0.25) is 0 Å². The van der Waals surface area contributed by atoms with Crippen molar-refractivity contribution in [3.05, 3.63) is 72.1 Å². The Bertz CT molecular complexity index is 1200. The van der Waals surface area contributed by atoms with Crippen LogP contribution in [0, 0.1) is 11.3 Å². The van der Waals surface area contributed by atoms with Crippen molar-refractivity contribution in [1.29, 1.82) is 5.26 Å². The molecule has 0 atom stereocenters. The number of carbonyl (C=O) groups is 1. The van der Waals surface area contributed by atoms with Crippen LogP contribution in [0.5, 0.6) is 11.5 Å². The summed E-state index contributed by atoms with van der Waals surface area (Å²) in [5.74, 6) is 0.107. The molecule has 0 unspecified atom stereocenters. The molecule has 4 aromatic rings. The van der Waals surface area contributed by atoms with E-state index in [4.69, 9.17) is 5.26 Å². The Kier molecular flexibility index (Phi) is 6.25. The van der Waals surface area contributed by atoms with Crippen molar-refractivity contribution < 1.29 is 15.0 Å². The summed E-state index contributed by atoms with van der Waals surface area (Å²) < 4.78 is 0. The van der Waals surface area contributed by atoms with Gasteiger partial charge in [-0.3, -0.25) is 4.79 Å². The molecule has 2 N–H and O–H groups in total. The van der Waals surface area contributed by atoms with E-state index in [0.29, 0.717) is 22.4 Å². The Morgan fingerprint density at radius 3 is 1.93 bits per heavy atom. The molecule has 140 valence electrons. The fourth-order valence-corrected chi connectivity index (χ4v) is 2.52. The van der Waals surface area contributed by atoms with Gasteiger partial charge >= 0.3 is 0 Å². The molecule has 0 saturated heterocycles. The number of pyridine rings is 2. The van der Waals surface area contributed by atoms with Gasteiger partial charge in [-0.15, -0.1) is 0 Å². The molecule has 0 saturated carbocycles. The zero-order chi connectivity index (χ0) is 19.4. The van der Waals surface area contributed by atoms with E-state index in [1.54, 1.807) is 48.5 Å². The maximum absolute atomic E-state index is 11.1. The average Bonchev–Trinajstić information content (AvgIpc) is 2.68. The van der Waals surface area contributed by atoms with Gasteiger partial charge in [-0.1, -0.05) is 37.8 Å². The van der Waals surface area contributed by atoms with E-state index in [1.165, 1.54) is 6.92 Å². The predicted octanol–water partition coefficient (Wildman–Crippen LogP) is 4.59. The number of benzene rings is 2. The van der Waals surface area contributed by atoms with E-state index in [0.717, 1.165) is 10.8 Å². The molecule has 6 heteroatoms. The van der Waals surface area contributed by atoms with E-state index in [2.05, 4.69) is 9.97 Å².